The Bertz CT molecular complexity index is 594. The number of esters is 3. The Morgan fingerprint density at radius 1 is 1.08 bits per heavy atom. The Balaban J connectivity index is 1.49. The van der Waals surface area contributed by atoms with Crippen LogP contribution in [0.25, 0.3) is 0 Å². The highest BCUT2D eigenvalue weighted by Crippen LogP contribution is 2.59. The third-order valence-electron chi connectivity index (χ3n) is 6.39. The van der Waals surface area contributed by atoms with Crippen LogP contribution in [0.2, 0.25) is 0 Å². The molecule has 1 atom stereocenters. The van der Waals surface area contributed by atoms with Crippen LogP contribution in [0.5, 0.6) is 0 Å². The van der Waals surface area contributed by atoms with Gasteiger partial charge in [-0.3, -0.25) is 0 Å². The molecule has 0 spiro atoms. The number of carbonyl (C=O) groups is 3. The molecular formula is C20H28O6. The van der Waals surface area contributed by atoms with Gasteiger partial charge < -0.3 is 14.2 Å². The van der Waals surface area contributed by atoms with Crippen LogP contribution in [0.3, 0.4) is 0 Å². The zero-order valence-electron chi connectivity index (χ0n) is 15.8. The largest absolute Gasteiger partial charge is 0.456 e. The summed E-state index contributed by atoms with van der Waals surface area (Å²) in [6.45, 7) is 7.91. The van der Waals surface area contributed by atoms with E-state index in [1.165, 1.54) is 20.3 Å². The van der Waals surface area contributed by atoms with Crippen LogP contribution in [0.4, 0.5) is 0 Å². The lowest BCUT2D eigenvalue weighted by molar-refractivity contribution is -0.207. The fourth-order valence-corrected chi connectivity index (χ4v) is 5.12. The molecule has 144 valence electrons. The molecule has 0 heterocycles. The molecule has 4 fully saturated rings. The van der Waals surface area contributed by atoms with Crippen molar-refractivity contribution < 1.29 is 28.6 Å². The van der Waals surface area contributed by atoms with Gasteiger partial charge in [-0.15, -0.1) is 0 Å². The fraction of sp³-hybridized carbons (Fsp3) is 0.750. The average molecular weight is 364 g/mol. The van der Waals surface area contributed by atoms with Gasteiger partial charge >= 0.3 is 17.9 Å². The second-order valence-corrected chi connectivity index (χ2v) is 8.40. The van der Waals surface area contributed by atoms with Gasteiger partial charge in [-0.05, 0) is 76.5 Å². The Morgan fingerprint density at radius 2 is 1.62 bits per heavy atom. The van der Waals surface area contributed by atoms with Gasteiger partial charge in [0.25, 0.3) is 0 Å². The van der Waals surface area contributed by atoms with Gasteiger partial charge in [-0.25, -0.2) is 14.4 Å². The summed E-state index contributed by atoms with van der Waals surface area (Å²) >= 11 is 0. The Morgan fingerprint density at radius 3 is 2.12 bits per heavy atom. The van der Waals surface area contributed by atoms with Crippen LogP contribution < -0.4 is 0 Å². The van der Waals surface area contributed by atoms with E-state index >= 15 is 0 Å². The van der Waals surface area contributed by atoms with Crippen molar-refractivity contribution in [3.05, 3.63) is 12.2 Å². The molecule has 6 nitrogen and oxygen atoms in total. The van der Waals surface area contributed by atoms with Crippen molar-refractivity contribution in [1.82, 2.24) is 0 Å². The maximum absolute atomic E-state index is 12.3. The van der Waals surface area contributed by atoms with Crippen molar-refractivity contribution in [2.75, 3.05) is 6.61 Å². The molecule has 4 aliphatic rings. The Hall–Kier alpha value is -1.85. The predicted octanol–water partition coefficient (Wildman–Crippen LogP) is 2.80. The number of ether oxygens (including phenoxy) is 3. The molecule has 0 N–H and O–H groups in total. The van der Waals surface area contributed by atoms with Gasteiger partial charge in [-0.1, -0.05) is 6.58 Å². The maximum atomic E-state index is 12.3. The first kappa shape index (κ1) is 18.9. The normalized spacial score (nSPS) is 35.5. The maximum Gasteiger partial charge on any atom is 0.347 e. The van der Waals surface area contributed by atoms with Gasteiger partial charge in [-0.2, -0.15) is 0 Å². The summed E-state index contributed by atoms with van der Waals surface area (Å²) in [4.78, 5) is 35.6. The van der Waals surface area contributed by atoms with Crippen molar-refractivity contribution in [2.45, 2.75) is 64.6 Å². The van der Waals surface area contributed by atoms with E-state index in [1.54, 1.807) is 0 Å². The molecule has 0 aliphatic heterocycles. The van der Waals surface area contributed by atoms with Crippen LogP contribution >= 0.6 is 0 Å². The number of carbonyl (C=O) groups excluding carboxylic acids is 3. The molecule has 1 unspecified atom stereocenters. The molecule has 0 amide bonds. The lowest BCUT2D eigenvalue weighted by Gasteiger charge is -2.59. The fourth-order valence-electron chi connectivity index (χ4n) is 5.12. The average Bonchev–Trinajstić information content (AvgIpc) is 2.56. The lowest BCUT2D eigenvalue weighted by Crippen LogP contribution is -2.58. The monoisotopic (exact) mass is 364 g/mol. The van der Waals surface area contributed by atoms with Crippen molar-refractivity contribution in [3.63, 3.8) is 0 Å². The molecule has 4 aliphatic carbocycles. The van der Waals surface area contributed by atoms with Crippen LogP contribution in [-0.2, 0) is 28.6 Å². The van der Waals surface area contributed by atoms with Gasteiger partial charge in [0.1, 0.15) is 5.60 Å². The Kier molecular flexibility index (Phi) is 5.13. The molecule has 0 aromatic carbocycles. The minimum absolute atomic E-state index is 0.193. The van der Waals surface area contributed by atoms with Crippen molar-refractivity contribution in [3.8, 4) is 0 Å². The molecule has 26 heavy (non-hydrogen) atoms. The van der Waals surface area contributed by atoms with E-state index in [4.69, 9.17) is 14.2 Å². The van der Waals surface area contributed by atoms with Crippen LogP contribution in [0, 0.1) is 23.7 Å². The van der Waals surface area contributed by atoms with Crippen LogP contribution in [0.15, 0.2) is 12.2 Å². The third kappa shape index (κ3) is 3.64. The molecule has 0 radical (unpaired) electrons. The zero-order valence-corrected chi connectivity index (χ0v) is 15.8. The minimum Gasteiger partial charge on any atom is -0.456 e. The van der Waals surface area contributed by atoms with Gasteiger partial charge in [0.05, 0.1) is 0 Å². The molecule has 0 aromatic rings. The summed E-state index contributed by atoms with van der Waals surface area (Å²) in [5.74, 6) is 0.413. The quantitative estimate of drug-likeness (QED) is 0.410. The van der Waals surface area contributed by atoms with Crippen LogP contribution in [-0.4, -0.2) is 36.2 Å². The number of rotatable bonds is 6. The third-order valence-corrected chi connectivity index (χ3v) is 6.39. The number of hydrogen-bond donors (Lipinski definition) is 0. The second kappa shape index (κ2) is 7.05. The van der Waals surface area contributed by atoms with E-state index in [0.29, 0.717) is 11.8 Å². The van der Waals surface area contributed by atoms with Crippen molar-refractivity contribution in [2.24, 2.45) is 23.7 Å². The standard InChI is InChI=1S/C20H28O6/c1-11(2)18(22)25-12(3)19(23)24-10-17(21)26-20(4)15-6-13-5-14(8-15)9-16(20)7-13/h12-16H,1,5-10H2,2-4H3. The highest BCUT2D eigenvalue weighted by molar-refractivity contribution is 5.89. The zero-order chi connectivity index (χ0) is 19.1. The SMILES string of the molecule is C=C(C)C(=O)OC(C)C(=O)OCC(=O)OC1(C)C2CC3CC(C2)CC1C3. The topological polar surface area (TPSA) is 78.9 Å². The van der Waals surface area contributed by atoms with E-state index in [2.05, 4.69) is 6.58 Å². The first-order valence-corrected chi connectivity index (χ1v) is 9.44. The smallest absolute Gasteiger partial charge is 0.347 e. The first-order chi connectivity index (χ1) is 12.2. The van der Waals surface area contributed by atoms with Crippen LogP contribution in [0.1, 0.15) is 52.9 Å². The molecule has 6 heteroatoms. The van der Waals surface area contributed by atoms with E-state index in [-0.39, 0.29) is 5.57 Å². The summed E-state index contributed by atoms with van der Waals surface area (Å²) in [5.41, 5.74) is -0.256. The molecule has 4 rings (SSSR count). The molecule has 4 bridgehead atoms. The molecule has 0 aromatic heterocycles. The summed E-state index contributed by atoms with van der Waals surface area (Å²) < 4.78 is 15.7. The van der Waals surface area contributed by atoms with Crippen molar-refractivity contribution in [1.29, 1.82) is 0 Å². The lowest BCUT2D eigenvalue weighted by atomic mass is 9.50. The first-order valence-electron chi connectivity index (χ1n) is 9.44. The van der Waals surface area contributed by atoms with Gasteiger partial charge in [0.2, 0.25) is 0 Å². The van der Waals surface area contributed by atoms with E-state index in [1.807, 2.05) is 6.92 Å². The Labute approximate surface area is 154 Å². The summed E-state index contributed by atoms with van der Waals surface area (Å²) in [6.07, 6.45) is 4.75. The van der Waals surface area contributed by atoms with Crippen molar-refractivity contribution >= 4 is 17.9 Å². The highest BCUT2D eigenvalue weighted by Gasteiger charge is 2.57. The molecule has 0 saturated heterocycles. The van der Waals surface area contributed by atoms with E-state index in [0.717, 1.165) is 37.5 Å². The predicted molar refractivity (Wildman–Crippen MR) is 92.9 cm³/mol. The van der Waals surface area contributed by atoms with E-state index in [9.17, 15) is 14.4 Å². The summed E-state index contributed by atoms with van der Waals surface area (Å²) in [5, 5.41) is 0. The molecular weight excluding hydrogens is 336 g/mol. The van der Waals surface area contributed by atoms with Gasteiger partial charge in [0, 0.05) is 5.57 Å². The summed E-state index contributed by atoms with van der Waals surface area (Å²) in [6, 6.07) is 0. The number of hydrogen-bond acceptors (Lipinski definition) is 6. The second-order valence-electron chi connectivity index (χ2n) is 8.40. The minimum atomic E-state index is -1.09. The highest BCUT2D eigenvalue weighted by atomic mass is 16.6. The van der Waals surface area contributed by atoms with E-state index < -0.39 is 36.2 Å². The van der Waals surface area contributed by atoms with Gasteiger partial charge in [0.15, 0.2) is 12.7 Å². The summed E-state index contributed by atoms with van der Waals surface area (Å²) in [7, 11) is 0. The molecule has 4 saturated carbocycles.